The largest absolute Gasteiger partial charge is 0.283 e. The van der Waals surface area contributed by atoms with Crippen molar-refractivity contribution in [1.82, 2.24) is 23.0 Å². The van der Waals surface area contributed by atoms with E-state index in [1.165, 1.54) is 20.7 Å². The zero-order chi connectivity index (χ0) is 38.2. The van der Waals surface area contributed by atoms with Gasteiger partial charge in [0.15, 0.2) is 0 Å². The van der Waals surface area contributed by atoms with Gasteiger partial charge in [0, 0.05) is 11.3 Å². The highest BCUT2D eigenvalue weighted by molar-refractivity contribution is 6.29. The summed E-state index contributed by atoms with van der Waals surface area (Å²) in [6, 6.07) is 60.0. The molecule has 0 bridgehead atoms. The quantitative estimate of drug-likeness (QED) is 0.169. The minimum absolute atomic E-state index is 0.332. The Kier molecular flexibility index (Phi) is 6.07. The number of benzene rings is 9. The van der Waals surface area contributed by atoms with Gasteiger partial charge >= 0.3 is 0 Å². The van der Waals surface area contributed by atoms with Gasteiger partial charge in [0.2, 0.25) is 5.78 Å². The Bertz CT molecular complexity index is 3980. The third kappa shape index (κ3) is 3.94. The lowest BCUT2D eigenvalue weighted by atomic mass is 9.89. The molecule has 9 aromatic carbocycles. The van der Waals surface area contributed by atoms with E-state index in [2.05, 4.69) is 112 Å². The van der Waals surface area contributed by atoms with Crippen LogP contribution in [0.4, 0.5) is 0 Å². The van der Waals surface area contributed by atoms with Crippen LogP contribution in [0.2, 0.25) is 0 Å². The van der Waals surface area contributed by atoms with Crippen molar-refractivity contribution in [3.63, 3.8) is 0 Å². The van der Waals surface area contributed by atoms with Crippen molar-refractivity contribution in [2.75, 3.05) is 0 Å². The molecule has 58 heavy (non-hydrogen) atoms. The minimum Gasteiger partial charge on any atom is -0.278 e. The van der Waals surface area contributed by atoms with Crippen LogP contribution in [0.15, 0.2) is 186 Å². The summed E-state index contributed by atoms with van der Waals surface area (Å²) in [6.07, 6.45) is 0. The van der Waals surface area contributed by atoms with Crippen LogP contribution in [-0.2, 0) is 0 Å². The van der Waals surface area contributed by atoms with Crippen LogP contribution in [0.25, 0.3) is 110 Å². The number of hydrogen-bond donors (Lipinski definition) is 0. The van der Waals surface area contributed by atoms with Gasteiger partial charge in [-0.2, -0.15) is 4.52 Å². The highest BCUT2D eigenvalue weighted by atomic mass is 16.2. The number of rotatable bonds is 3. The van der Waals surface area contributed by atoms with Crippen molar-refractivity contribution in [1.29, 1.82) is 0 Å². The van der Waals surface area contributed by atoms with Gasteiger partial charge in [-0.25, -0.2) is 9.50 Å². The van der Waals surface area contributed by atoms with Crippen LogP contribution in [0, 0.1) is 0 Å². The van der Waals surface area contributed by atoms with Crippen LogP contribution in [0.5, 0.6) is 0 Å². The lowest BCUT2D eigenvalue weighted by molar-refractivity contribution is 0.842. The molecule has 0 saturated carbocycles. The summed E-state index contributed by atoms with van der Waals surface area (Å²) in [7, 11) is 0. The predicted molar refractivity (Wildman–Crippen MR) is 236 cm³/mol. The van der Waals surface area contributed by atoms with Crippen LogP contribution in [0.3, 0.4) is 0 Å². The molecular weight excluding hydrogens is 715 g/mol. The summed E-state index contributed by atoms with van der Waals surface area (Å²) in [4.78, 5) is 34.3. The molecule has 270 valence electrons. The molecule has 0 unspecified atom stereocenters. The lowest BCUT2D eigenvalue weighted by Crippen LogP contribution is -2.21. The van der Waals surface area contributed by atoms with Crippen molar-refractivity contribution in [2.24, 2.45) is 0 Å². The number of hydrogen-bond acceptors (Lipinski definition) is 3. The molecule has 4 heterocycles. The molecule has 13 aromatic rings. The molecule has 0 spiro atoms. The van der Waals surface area contributed by atoms with Crippen molar-refractivity contribution in [3.05, 3.63) is 197 Å². The fourth-order valence-corrected chi connectivity index (χ4v) is 9.75. The Labute approximate surface area is 328 Å². The first-order valence-electron chi connectivity index (χ1n) is 19.4. The van der Waals surface area contributed by atoms with Crippen LogP contribution >= 0.6 is 0 Å². The molecule has 0 atom stereocenters. The molecule has 0 aliphatic heterocycles. The fraction of sp³-hybridized carbons (Fsp3) is 0. The average molecular weight is 744 g/mol. The first-order chi connectivity index (χ1) is 28.7. The van der Waals surface area contributed by atoms with Crippen LogP contribution < -0.4 is 11.1 Å². The van der Waals surface area contributed by atoms with Gasteiger partial charge in [0.25, 0.3) is 11.1 Å². The molecule has 0 radical (unpaired) electrons. The molecular formula is C51H29N5O2. The zero-order valence-electron chi connectivity index (χ0n) is 30.8. The van der Waals surface area contributed by atoms with E-state index in [0.717, 1.165) is 71.9 Å². The first kappa shape index (κ1) is 31.2. The summed E-state index contributed by atoms with van der Waals surface area (Å²) in [6.45, 7) is 0. The average Bonchev–Trinajstić information content (AvgIpc) is 3.99. The molecule has 0 N–H and O–H groups in total. The number of fused-ring (bicyclic) bond motifs is 16. The normalized spacial score (nSPS) is 12.3. The van der Waals surface area contributed by atoms with Gasteiger partial charge in [0.1, 0.15) is 0 Å². The van der Waals surface area contributed by atoms with E-state index in [9.17, 15) is 9.59 Å². The molecule has 0 aliphatic carbocycles. The molecule has 7 nitrogen and oxygen atoms in total. The Balaban J connectivity index is 1.09. The third-order valence-corrected chi connectivity index (χ3v) is 12.1. The number of aromatic nitrogens is 5. The topological polar surface area (TPSA) is 65.2 Å². The highest BCUT2D eigenvalue weighted by Gasteiger charge is 2.24. The maximum absolute atomic E-state index is 14.7. The smallest absolute Gasteiger partial charge is 0.278 e. The lowest BCUT2D eigenvalue weighted by Gasteiger charge is -2.15. The molecule has 0 fully saturated rings. The second-order valence-electron chi connectivity index (χ2n) is 15.1. The van der Waals surface area contributed by atoms with E-state index in [1.807, 2.05) is 77.3 Å². The Morgan fingerprint density at radius 2 is 0.983 bits per heavy atom. The van der Waals surface area contributed by atoms with Gasteiger partial charge in [-0.3, -0.25) is 18.6 Å². The Morgan fingerprint density at radius 1 is 0.397 bits per heavy atom. The van der Waals surface area contributed by atoms with E-state index < -0.39 is 0 Å². The molecule has 13 rings (SSSR count). The summed E-state index contributed by atoms with van der Waals surface area (Å²) < 4.78 is 7.54. The maximum Gasteiger partial charge on any atom is 0.283 e. The summed E-state index contributed by atoms with van der Waals surface area (Å²) in [5.41, 5.74) is 9.13. The van der Waals surface area contributed by atoms with Gasteiger partial charge in [-0.1, -0.05) is 127 Å². The third-order valence-electron chi connectivity index (χ3n) is 12.1. The van der Waals surface area contributed by atoms with Crippen molar-refractivity contribution in [2.45, 2.75) is 0 Å². The Morgan fingerprint density at radius 3 is 1.76 bits per heavy atom. The SMILES string of the molecule is O=c1c2cccc(-c3cccc4c5ccccc5c5ccccc5c34)c2n2c3cccc(-c4ccc5nc6n(-c7ccccc7)c7ccccc7n6c5c4)c3c(=O)n12. The zero-order valence-corrected chi connectivity index (χ0v) is 30.8. The van der Waals surface area contributed by atoms with E-state index >= 15 is 0 Å². The minimum atomic E-state index is -0.341. The first-order valence-corrected chi connectivity index (χ1v) is 19.4. The summed E-state index contributed by atoms with van der Waals surface area (Å²) >= 11 is 0. The van der Waals surface area contributed by atoms with Crippen LogP contribution in [-0.4, -0.2) is 23.0 Å². The molecule has 0 amide bonds. The van der Waals surface area contributed by atoms with E-state index in [1.54, 1.807) is 0 Å². The number of imidazole rings is 2. The van der Waals surface area contributed by atoms with Gasteiger partial charge in [0.05, 0.1) is 43.9 Å². The highest BCUT2D eigenvalue weighted by Crippen LogP contribution is 2.42. The second-order valence-corrected chi connectivity index (χ2v) is 15.1. The predicted octanol–water partition coefficient (Wildman–Crippen LogP) is 11.0. The van der Waals surface area contributed by atoms with Crippen molar-refractivity contribution in [3.8, 4) is 27.9 Å². The summed E-state index contributed by atoms with van der Waals surface area (Å²) in [5.74, 6) is 0.810. The van der Waals surface area contributed by atoms with Gasteiger partial charge in [-0.05, 0) is 97.5 Å². The molecule has 0 aliphatic rings. The van der Waals surface area contributed by atoms with Crippen LogP contribution in [0.1, 0.15) is 0 Å². The molecule has 0 saturated heterocycles. The second kappa shape index (κ2) is 11.3. The summed E-state index contributed by atoms with van der Waals surface area (Å²) in [5, 5.41) is 7.94. The number of nitrogens with zero attached hydrogens (tertiary/aromatic N) is 5. The van der Waals surface area contributed by atoms with E-state index in [4.69, 9.17) is 4.98 Å². The monoisotopic (exact) mass is 743 g/mol. The van der Waals surface area contributed by atoms with Crippen molar-refractivity contribution < 1.29 is 0 Å². The van der Waals surface area contributed by atoms with Crippen molar-refractivity contribution >= 4 is 82.0 Å². The maximum atomic E-state index is 14.7. The van der Waals surface area contributed by atoms with E-state index in [-0.39, 0.29) is 11.1 Å². The Hall–Kier alpha value is -8.03. The fourth-order valence-electron chi connectivity index (χ4n) is 9.75. The van der Waals surface area contributed by atoms with Gasteiger partial charge in [-0.15, -0.1) is 0 Å². The van der Waals surface area contributed by atoms with Gasteiger partial charge < -0.3 is 0 Å². The number of para-hydroxylation sites is 4. The standard InChI is InChI=1S/C51H29N5O2/c57-49-40-23-11-22-39(38-21-10-20-37-35-16-5-4-15-33(35)34-17-6-7-18-36(34)46(37)38)48(40)55-44-26-12-19-32(47(44)50(58)56(49)55)30-27-28-41-45(29-30)54-43-25-9-8-24-42(43)53(51(54)52-41)31-13-2-1-3-14-31/h1-29H. The molecule has 7 heteroatoms. The molecule has 4 aromatic heterocycles. The van der Waals surface area contributed by atoms with E-state index in [0.29, 0.717) is 21.8 Å².